The van der Waals surface area contributed by atoms with Gasteiger partial charge in [0.05, 0.1) is 24.7 Å². The molecule has 0 aliphatic heterocycles. The number of hydrogen-bond acceptors (Lipinski definition) is 4. The van der Waals surface area contributed by atoms with Crippen LogP contribution in [-0.4, -0.2) is 36.6 Å². The lowest BCUT2D eigenvalue weighted by molar-refractivity contribution is -0.00823. The number of benzene rings is 1. The first kappa shape index (κ1) is 15.1. The van der Waals surface area contributed by atoms with Gasteiger partial charge >= 0.3 is 0 Å². The van der Waals surface area contributed by atoms with Gasteiger partial charge in [-0.2, -0.15) is 5.10 Å². The zero-order valence-electron chi connectivity index (χ0n) is 13.6. The minimum absolute atomic E-state index is 0.0175. The number of aromatic nitrogens is 4. The maximum absolute atomic E-state index is 10.1. The van der Waals surface area contributed by atoms with Gasteiger partial charge in [-0.25, -0.2) is 4.98 Å². The first-order valence-corrected chi connectivity index (χ1v) is 8.20. The fourth-order valence-electron chi connectivity index (χ4n) is 3.22. The molecule has 0 amide bonds. The van der Waals surface area contributed by atoms with E-state index in [9.17, 15) is 5.11 Å². The average molecular weight is 323 g/mol. The molecule has 0 spiro atoms. The largest absolute Gasteiger partial charge is 0.391 e. The van der Waals surface area contributed by atoms with Crippen molar-refractivity contribution in [1.29, 1.82) is 0 Å². The minimum Gasteiger partial charge on any atom is -0.391 e. The molecule has 1 saturated carbocycles. The number of aliphatic hydroxyl groups is 1. The molecule has 2 heterocycles. The van der Waals surface area contributed by atoms with Gasteiger partial charge in [-0.1, -0.05) is 12.1 Å². The summed E-state index contributed by atoms with van der Waals surface area (Å²) < 4.78 is 3.86. The molecule has 2 N–H and O–H groups in total. The van der Waals surface area contributed by atoms with Crippen LogP contribution in [0.5, 0.6) is 0 Å². The van der Waals surface area contributed by atoms with Crippen LogP contribution in [0.4, 0.5) is 0 Å². The SMILES string of the molecule is Cc1cnn([C@H]2[C@H](O)C[C@@H]2NCc2ccc(-n3ccnc3)cc2)c1. The van der Waals surface area contributed by atoms with E-state index in [0.717, 1.165) is 24.2 Å². The fraction of sp³-hybridized carbons (Fsp3) is 0.333. The van der Waals surface area contributed by atoms with Gasteiger partial charge in [0.1, 0.15) is 0 Å². The third kappa shape index (κ3) is 2.86. The predicted octanol–water partition coefficient (Wildman–Crippen LogP) is 1.84. The zero-order chi connectivity index (χ0) is 16.5. The molecule has 0 unspecified atom stereocenters. The number of nitrogens with zero attached hydrogens (tertiary/aromatic N) is 4. The van der Waals surface area contributed by atoms with Crippen LogP contribution >= 0.6 is 0 Å². The summed E-state index contributed by atoms with van der Waals surface area (Å²) in [5.41, 5.74) is 3.43. The van der Waals surface area contributed by atoms with E-state index in [4.69, 9.17) is 0 Å². The molecule has 0 bridgehead atoms. The standard InChI is InChI=1S/C18H21N5O/c1-13-9-21-23(11-13)18-16(8-17(18)24)20-10-14-2-4-15(5-3-14)22-7-6-19-12-22/h2-7,9,11-12,16-18,20,24H,8,10H2,1H3/t16-,17+,18+/m0/s1. The Hall–Kier alpha value is -2.44. The van der Waals surface area contributed by atoms with E-state index in [1.807, 2.05) is 34.8 Å². The van der Waals surface area contributed by atoms with E-state index in [0.29, 0.717) is 0 Å². The van der Waals surface area contributed by atoms with Crippen LogP contribution in [0.2, 0.25) is 0 Å². The van der Waals surface area contributed by atoms with Gasteiger partial charge in [0.15, 0.2) is 0 Å². The van der Waals surface area contributed by atoms with E-state index >= 15 is 0 Å². The minimum atomic E-state index is -0.328. The number of rotatable bonds is 5. The summed E-state index contributed by atoms with van der Waals surface area (Å²) in [5, 5.41) is 17.9. The molecule has 1 aromatic carbocycles. The zero-order valence-corrected chi connectivity index (χ0v) is 13.6. The van der Waals surface area contributed by atoms with Gasteiger partial charge < -0.3 is 15.0 Å². The molecule has 1 fully saturated rings. The lowest BCUT2D eigenvalue weighted by Crippen LogP contribution is -2.54. The Labute approximate surface area is 140 Å². The molecular formula is C18H21N5O. The van der Waals surface area contributed by atoms with Crippen molar-refractivity contribution in [3.05, 3.63) is 66.5 Å². The molecule has 24 heavy (non-hydrogen) atoms. The highest BCUT2D eigenvalue weighted by Crippen LogP contribution is 2.32. The van der Waals surface area contributed by atoms with E-state index in [1.54, 1.807) is 12.5 Å². The van der Waals surface area contributed by atoms with Crippen LogP contribution in [0.1, 0.15) is 23.6 Å². The Balaban J connectivity index is 1.38. The van der Waals surface area contributed by atoms with Crippen molar-refractivity contribution in [2.75, 3.05) is 0 Å². The van der Waals surface area contributed by atoms with Crippen molar-refractivity contribution >= 4 is 0 Å². The quantitative estimate of drug-likeness (QED) is 0.752. The highest BCUT2D eigenvalue weighted by molar-refractivity contribution is 5.34. The molecule has 6 heteroatoms. The lowest BCUT2D eigenvalue weighted by atomic mass is 9.83. The van der Waals surface area contributed by atoms with Crippen molar-refractivity contribution < 1.29 is 5.11 Å². The van der Waals surface area contributed by atoms with Gasteiger partial charge in [-0.3, -0.25) is 4.68 Å². The smallest absolute Gasteiger partial charge is 0.0991 e. The summed E-state index contributed by atoms with van der Waals surface area (Å²) in [7, 11) is 0. The van der Waals surface area contributed by atoms with Crippen LogP contribution in [-0.2, 0) is 6.54 Å². The number of hydrogen-bond donors (Lipinski definition) is 2. The van der Waals surface area contributed by atoms with Crippen LogP contribution in [0.25, 0.3) is 5.69 Å². The number of imidazole rings is 1. The van der Waals surface area contributed by atoms with E-state index in [1.165, 1.54) is 5.56 Å². The van der Waals surface area contributed by atoms with Crippen molar-refractivity contribution in [2.24, 2.45) is 0 Å². The van der Waals surface area contributed by atoms with E-state index in [-0.39, 0.29) is 18.2 Å². The second-order valence-electron chi connectivity index (χ2n) is 6.42. The summed E-state index contributed by atoms with van der Waals surface area (Å²) in [4.78, 5) is 4.06. The summed E-state index contributed by atoms with van der Waals surface area (Å²) in [5.74, 6) is 0. The van der Waals surface area contributed by atoms with Crippen LogP contribution in [0.3, 0.4) is 0 Å². The Morgan fingerprint density at radius 1 is 1.29 bits per heavy atom. The summed E-state index contributed by atoms with van der Waals surface area (Å²) >= 11 is 0. The molecule has 3 aromatic rings. The van der Waals surface area contributed by atoms with Gasteiger partial charge in [0.25, 0.3) is 0 Å². The Bertz CT molecular complexity index is 793. The molecule has 1 aliphatic carbocycles. The van der Waals surface area contributed by atoms with Crippen molar-refractivity contribution in [1.82, 2.24) is 24.6 Å². The number of nitrogens with one attached hydrogen (secondary N) is 1. The Kier molecular flexibility index (Phi) is 3.92. The third-order valence-electron chi connectivity index (χ3n) is 4.65. The van der Waals surface area contributed by atoms with Gasteiger partial charge in [-0.15, -0.1) is 0 Å². The summed E-state index contributed by atoms with van der Waals surface area (Å²) in [6, 6.07) is 8.66. The molecule has 4 rings (SSSR count). The Morgan fingerprint density at radius 3 is 2.75 bits per heavy atom. The normalized spacial score (nSPS) is 23.2. The Morgan fingerprint density at radius 2 is 2.12 bits per heavy atom. The first-order valence-electron chi connectivity index (χ1n) is 8.20. The average Bonchev–Trinajstić information content (AvgIpc) is 3.24. The maximum Gasteiger partial charge on any atom is 0.0991 e. The van der Waals surface area contributed by atoms with Crippen LogP contribution < -0.4 is 5.32 Å². The first-order chi connectivity index (χ1) is 11.7. The highest BCUT2D eigenvalue weighted by Gasteiger charge is 2.41. The number of aryl methyl sites for hydroxylation is 1. The molecule has 0 saturated heterocycles. The fourth-order valence-corrected chi connectivity index (χ4v) is 3.22. The van der Waals surface area contributed by atoms with Gasteiger partial charge in [0, 0.05) is 36.9 Å². The highest BCUT2D eigenvalue weighted by atomic mass is 16.3. The van der Waals surface area contributed by atoms with Crippen molar-refractivity contribution in [2.45, 2.75) is 38.1 Å². The van der Waals surface area contributed by atoms with Crippen molar-refractivity contribution in [3.63, 3.8) is 0 Å². The van der Waals surface area contributed by atoms with Gasteiger partial charge in [-0.05, 0) is 36.6 Å². The molecule has 3 atom stereocenters. The predicted molar refractivity (Wildman–Crippen MR) is 90.8 cm³/mol. The molecule has 1 aliphatic rings. The molecule has 6 nitrogen and oxygen atoms in total. The second-order valence-corrected chi connectivity index (χ2v) is 6.42. The van der Waals surface area contributed by atoms with E-state index < -0.39 is 0 Å². The third-order valence-corrected chi connectivity index (χ3v) is 4.65. The van der Waals surface area contributed by atoms with Crippen molar-refractivity contribution in [3.8, 4) is 5.69 Å². The monoisotopic (exact) mass is 323 g/mol. The summed E-state index contributed by atoms with van der Waals surface area (Å²) in [6.07, 6.45) is 9.74. The number of aliphatic hydroxyl groups excluding tert-OH is 1. The van der Waals surface area contributed by atoms with Crippen LogP contribution in [0, 0.1) is 6.92 Å². The van der Waals surface area contributed by atoms with Gasteiger partial charge in [0.2, 0.25) is 0 Å². The second kappa shape index (κ2) is 6.22. The lowest BCUT2D eigenvalue weighted by Gasteiger charge is -2.42. The van der Waals surface area contributed by atoms with E-state index in [2.05, 4.69) is 39.7 Å². The molecule has 124 valence electrons. The molecular weight excluding hydrogens is 302 g/mol. The topological polar surface area (TPSA) is 67.9 Å². The molecule has 0 radical (unpaired) electrons. The summed E-state index contributed by atoms with van der Waals surface area (Å²) in [6.45, 7) is 2.79. The maximum atomic E-state index is 10.1. The molecule has 2 aromatic heterocycles. The van der Waals surface area contributed by atoms with Crippen LogP contribution in [0.15, 0.2) is 55.4 Å².